The van der Waals surface area contributed by atoms with Crippen LogP contribution in [0.25, 0.3) is 0 Å². The molecule has 0 spiro atoms. The molecule has 1 aromatic heterocycles. The molecule has 4 heteroatoms. The lowest BCUT2D eigenvalue weighted by Gasteiger charge is -2.26. The molecule has 0 radical (unpaired) electrons. The van der Waals surface area contributed by atoms with Gasteiger partial charge in [0.25, 0.3) is 0 Å². The smallest absolute Gasteiger partial charge is 0.0948 e. The van der Waals surface area contributed by atoms with E-state index in [1.807, 2.05) is 6.33 Å². The first kappa shape index (κ1) is 14.5. The molecule has 1 N–H and O–H groups in total. The Morgan fingerprint density at radius 2 is 2.21 bits per heavy atom. The van der Waals surface area contributed by atoms with Gasteiger partial charge in [-0.2, -0.15) is 0 Å². The van der Waals surface area contributed by atoms with Crippen LogP contribution in [0.1, 0.15) is 44.7 Å². The lowest BCUT2D eigenvalue weighted by molar-refractivity contribution is 0.240. The molecule has 1 aliphatic heterocycles. The topological polar surface area (TPSA) is 33.1 Å². The molecule has 1 fully saturated rings. The van der Waals surface area contributed by atoms with Gasteiger partial charge in [-0.1, -0.05) is 6.92 Å². The van der Waals surface area contributed by atoms with Gasteiger partial charge in [-0.3, -0.25) is 0 Å². The minimum Gasteiger partial charge on any atom is -0.333 e. The Bertz CT molecular complexity index is 368. The highest BCUT2D eigenvalue weighted by Gasteiger charge is 2.19. The van der Waals surface area contributed by atoms with Crippen molar-refractivity contribution in [3.8, 4) is 0 Å². The van der Waals surface area contributed by atoms with Gasteiger partial charge in [0.05, 0.1) is 6.33 Å². The van der Waals surface area contributed by atoms with Gasteiger partial charge in [0, 0.05) is 36.9 Å². The zero-order chi connectivity index (χ0) is 13.7. The summed E-state index contributed by atoms with van der Waals surface area (Å²) in [6.07, 6.45) is 7.77. The minimum absolute atomic E-state index is 0.658. The van der Waals surface area contributed by atoms with Gasteiger partial charge in [0.2, 0.25) is 0 Å². The summed E-state index contributed by atoms with van der Waals surface area (Å²) in [6, 6.07) is 0.658. The molecule has 2 heterocycles. The van der Waals surface area contributed by atoms with Crippen LogP contribution in [0.4, 0.5) is 0 Å². The van der Waals surface area contributed by atoms with Crippen LogP contribution in [0.3, 0.4) is 0 Å². The van der Waals surface area contributed by atoms with Gasteiger partial charge in [-0.05, 0) is 46.3 Å². The van der Waals surface area contributed by atoms with Crippen LogP contribution in [0.5, 0.6) is 0 Å². The van der Waals surface area contributed by atoms with E-state index in [1.54, 1.807) is 0 Å². The second kappa shape index (κ2) is 7.06. The third-order valence-corrected chi connectivity index (χ3v) is 4.54. The second-order valence-corrected chi connectivity index (χ2v) is 5.77. The van der Waals surface area contributed by atoms with E-state index in [0.29, 0.717) is 12.0 Å². The van der Waals surface area contributed by atoms with Crippen molar-refractivity contribution in [1.82, 2.24) is 19.8 Å². The Labute approximate surface area is 117 Å². The maximum absolute atomic E-state index is 4.36. The molecule has 0 aromatic carbocycles. The van der Waals surface area contributed by atoms with Crippen molar-refractivity contribution in [1.29, 1.82) is 0 Å². The Balaban J connectivity index is 1.92. The molecule has 19 heavy (non-hydrogen) atoms. The summed E-state index contributed by atoms with van der Waals surface area (Å²) in [7, 11) is 2.22. The van der Waals surface area contributed by atoms with E-state index in [0.717, 1.165) is 26.2 Å². The number of likely N-dealkylation sites (N-methyl/N-ethyl adjacent to an activating group) is 1. The molecule has 1 aliphatic rings. The second-order valence-electron chi connectivity index (χ2n) is 5.77. The number of imidazole rings is 1. The average molecular weight is 264 g/mol. The SMILES string of the molecule is CCC(C)N(C)CCn1cncc1C1CCNCC1. The van der Waals surface area contributed by atoms with Gasteiger partial charge < -0.3 is 14.8 Å². The zero-order valence-corrected chi connectivity index (χ0v) is 12.6. The maximum atomic E-state index is 4.36. The van der Waals surface area contributed by atoms with E-state index < -0.39 is 0 Å². The summed E-state index contributed by atoms with van der Waals surface area (Å²) in [5.41, 5.74) is 1.43. The molecule has 0 saturated carbocycles. The van der Waals surface area contributed by atoms with E-state index in [4.69, 9.17) is 0 Å². The van der Waals surface area contributed by atoms with Gasteiger partial charge >= 0.3 is 0 Å². The number of nitrogens with one attached hydrogen (secondary N) is 1. The molecule has 0 aliphatic carbocycles. The molecule has 2 rings (SSSR count). The minimum atomic E-state index is 0.658. The quantitative estimate of drug-likeness (QED) is 0.854. The summed E-state index contributed by atoms with van der Waals surface area (Å²) >= 11 is 0. The van der Waals surface area contributed by atoms with Crippen LogP contribution in [-0.2, 0) is 6.54 Å². The van der Waals surface area contributed by atoms with E-state index in [2.05, 4.69) is 46.9 Å². The molecule has 1 aromatic rings. The summed E-state index contributed by atoms with van der Waals surface area (Å²) in [5.74, 6) is 0.692. The number of hydrogen-bond donors (Lipinski definition) is 1. The van der Waals surface area contributed by atoms with Crippen molar-refractivity contribution in [2.75, 3.05) is 26.7 Å². The fourth-order valence-corrected chi connectivity index (χ4v) is 2.77. The van der Waals surface area contributed by atoms with Crippen LogP contribution >= 0.6 is 0 Å². The number of nitrogens with zero attached hydrogens (tertiary/aromatic N) is 3. The number of piperidine rings is 1. The van der Waals surface area contributed by atoms with Gasteiger partial charge in [0.1, 0.15) is 0 Å². The fraction of sp³-hybridized carbons (Fsp3) is 0.800. The van der Waals surface area contributed by atoms with Crippen molar-refractivity contribution < 1.29 is 0 Å². The predicted octanol–water partition coefficient (Wildman–Crippen LogP) is 2.08. The summed E-state index contributed by atoms with van der Waals surface area (Å²) < 4.78 is 2.36. The van der Waals surface area contributed by atoms with Crippen LogP contribution in [0.2, 0.25) is 0 Å². The third-order valence-electron chi connectivity index (χ3n) is 4.54. The highest BCUT2D eigenvalue weighted by molar-refractivity contribution is 5.07. The molecule has 1 unspecified atom stereocenters. The van der Waals surface area contributed by atoms with Crippen LogP contribution in [0, 0.1) is 0 Å². The largest absolute Gasteiger partial charge is 0.333 e. The number of hydrogen-bond acceptors (Lipinski definition) is 3. The molecule has 4 nitrogen and oxygen atoms in total. The molecule has 1 atom stereocenters. The Hall–Kier alpha value is -0.870. The van der Waals surface area contributed by atoms with Crippen molar-refractivity contribution >= 4 is 0 Å². The Morgan fingerprint density at radius 3 is 2.89 bits per heavy atom. The van der Waals surface area contributed by atoms with Crippen LogP contribution in [-0.4, -0.2) is 47.2 Å². The Morgan fingerprint density at radius 1 is 1.47 bits per heavy atom. The first-order valence-electron chi connectivity index (χ1n) is 7.63. The summed E-state index contributed by atoms with van der Waals surface area (Å²) in [6.45, 7) is 8.98. The van der Waals surface area contributed by atoms with Crippen molar-refractivity contribution in [3.05, 3.63) is 18.2 Å². The summed E-state index contributed by atoms with van der Waals surface area (Å²) in [4.78, 5) is 6.80. The summed E-state index contributed by atoms with van der Waals surface area (Å²) in [5, 5.41) is 3.43. The van der Waals surface area contributed by atoms with Crippen molar-refractivity contribution in [2.45, 2.75) is 51.6 Å². The molecule has 108 valence electrons. The average Bonchev–Trinajstić information content (AvgIpc) is 2.93. The van der Waals surface area contributed by atoms with E-state index in [1.165, 1.54) is 25.0 Å². The fourth-order valence-electron chi connectivity index (χ4n) is 2.77. The molecular weight excluding hydrogens is 236 g/mol. The molecule has 1 saturated heterocycles. The normalized spacial score (nSPS) is 18.9. The number of rotatable bonds is 6. The van der Waals surface area contributed by atoms with Crippen LogP contribution in [0.15, 0.2) is 12.5 Å². The highest BCUT2D eigenvalue weighted by Crippen LogP contribution is 2.24. The zero-order valence-electron chi connectivity index (χ0n) is 12.6. The molecule has 0 bridgehead atoms. The van der Waals surface area contributed by atoms with Crippen molar-refractivity contribution in [2.24, 2.45) is 0 Å². The Kier molecular flexibility index (Phi) is 5.40. The first-order chi connectivity index (χ1) is 9.22. The molecule has 0 amide bonds. The van der Waals surface area contributed by atoms with Gasteiger partial charge in [-0.15, -0.1) is 0 Å². The third kappa shape index (κ3) is 3.80. The monoisotopic (exact) mass is 264 g/mol. The lowest BCUT2D eigenvalue weighted by Crippen LogP contribution is -2.32. The van der Waals surface area contributed by atoms with Crippen LogP contribution < -0.4 is 5.32 Å². The van der Waals surface area contributed by atoms with E-state index in [-0.39, 0.29) is 0 Å². The lowest BCUT2D eigenvalue weighted by atomic mass is 9.95. The van der Waals surface area contributed by atoms with E-state index in [9.17, 15) is 0 Å². The highest BCUT2D eigenvalue weighted by atomic mass is 15.2. The standard InChI is InChI=1S/C15H28N4/c1-4-13(2)18(3)9-10-19-12-17-11-15(19)14-5-7-16-8-6-14/h11-14,16H,4-10H2,1-3H3. The predicted molar refractivity (Wildman–Crippen MR) is 79.5 cm³/mol. The van der Waals surface area contributed by atoms with Gasteiger partial charge in [0.15, 0.2) is 0 Å². The maximum Gasteiger partial charge on any atom is 0.0948 e. The number of aromatic nitrogens is 2. The first-order valence-corrected chi connectivity index (χ1v) is 7.63. The van der Waals surface area contributed by atoms with Crippen molar-refractivity contribution in [3.63, 3.8) is 0 Å². The van der Waals surface area contributed by atoms with E-state index >= 15 is 0 Å². The molecular formula is C15H28N4. The van der Waals surface area contributed by atoms with Gasteiger partial charge in [-0.25, -0.2) is 4.98 Å².